The first-order valence-corrected chi connectivity index (χ1v) is 5.15. The van der Waals surface area contributed by atoms with Gasteiger partial charge in [-0.3, -0.25) is 0 Å². The van der Waals surface area contributed by atoms with E-state index in [4.69, 9.17) is 0 Å². The van der Waals surface area contributed by atoms with Crippen LogP contribution in [0, 0.1) is 6.92 Å². The Morgan fingerprint density at radius 3 is 2.36 bits per heavy atom. The molecule has 0 aromatic heterocycles. The predicted molar refractivity (Wildman–Crippen MR) is 62.0 cm³/mol. The molecule has 0 amide bonds. The Labute approximate surface area is 88.0 Å². The number of hydrogen-bond donors (Lipinski definition) is 0. The molecule has 3 radical (unpaired) electrons. The van der Waals surface area contributed by atoms with Crippen molar-refractivity contribution in [3.63, 3.8) is 0 Å². The molecule has 0 bridgehead atoms. The van der Waals surface area contributed by atoms with Gasteiger partial charge in [0.15, 0.2) is 0 Å². The zero-order chi connectivity index (χ0) is 9.97. The van der Waals surface area contributed by atoms with Crippen LogP contribution in [0.2, 0.25) is 0 Å². The summed E-state index contributed by atoms with van der Waals surface area (Å²) in [7, 11) is 3.62. The Balaban J connectivity index is 2.57. The van der Waals surface area contributed by atoms with Crippen LogP contribution >= 0.6 is 0 Å². The van der Waals surface area contributed by atoms with Crippen LogP contribution in [0.4, 0.5) is 0 Å². The van der Waals surface area contributed by atoms with E-state index in [0.29, 0.717) is 0 Å². The summed E-state index contributed by atoms with van der Waals surface area (Å²) in [6, 6.07) is 16.8. The smallest absolute Gasteiger partial charge is 0.0630 e. The van der Waals surface area contributed by atoms with Gasteiger partial charge in [0.25, 0.3) is 0 Å². The lowest BCUT2D eigenvalue weighted by Crippen LogP contribution is -2.06. The van der Waals surface area contributed by atoms with Crippen LogP contribution in [0.15, 0.2) is 48.5 Å². The molecule has 1 heteroatoms. The van der Waals surface area contributed by atoms with Crippen molar-refractivity contribution in [1.82, 2.24) is 0 Å². The number of benzene rings is 2. The highest BCUT2D eigenvalue weighted by Crippen LogP contribution is 2.17. The molecule has 0 spiro atoms. The van der Waals surface area contributed by atoms with Crippen molar-refractivity contribution in [3.8, 4) is 11.1 Å². The summed E-state index contributed by atoms with van der Waals surface area (Å²) in [6.07, 6.45) is 0. The molecule has 2 aromatic rings. The van der Waals surface area contributed by atoms with Crippen molar-refractivity contribution in [2.45, 2.75) is 6.92 Å². The summed E-state index contributed by atoms with van der Waals surface area (Å²) >= 11 is 0. The molecular weight excluding hydrogens is 184 g/mol. The second-order valence-electron chi connectivity index (χ2n) is 3.42. The summed E-state index contributed by atoms with van der Waals surface area (Å²) in [6.45, 7) is 2.11. The molecule has 0 aliphatic heterocycles. The van der Waals surface area contributed by atoms with Crippen LogP contribution in [0.3, 0.4) is 0 Å². The maximum atomic E-state index is 3.62. The SMILES string of the molecule is Cc1ccc([Si])c(-c2ccccc2)c1. The topological polar surface area (TPSA) is 0 Å². The highest BCUT2D eigenvalue weighted by atomic mass is 28.1. The molecule has 0 heterocycles. The first-order chi connectivity index (χ1) is 6.77. The minimum absolute atomic E-state index is 1.14. The molecule has 0 aliphatic rings. The third-order valence-electron chi connectivity index (χ3n) is 2.26. The van der Waals surface area contributed by atoms with Gasteiger partial charge in [-0.25, -0.2) is 0 Å². The van der Waals surface area contributed by atoms with Gasteiger partial charge in [0.05, 0.1) is 10.2 Å². The van der Waals surface area contributed by atoms with Crippen LogP contribution in [0.5, 0.6) is 0 Å². The fourth-order valence-corrected chi connectivity index (χ4v) is 1.81. The van der Waals surface area contributed by atoms with E-state index in [-0.39, 0.29) is 0 Å². The minimum Gasteiger partial charge on any atom is -0.0630 e. The zero-order valence-electron chi connectivity index (χ0n) is 8.12. The van der Waals surface area contributed by atoms with Gasteiger partial charge < -0.3 is 0 Å². The third kappa shape index (κ3) is 1.78. The minimum atomic E-state index is 1.14. The molecule has 0 unspecified atom stereocenters. The van der Waals surface area contributed by atoms with Crippen molar-refractivity contribution >= 4 is 15.4 Å². The monoisotopic (exact) mass is 195 g/mol. The van der Waals surface area contributed by atoms with Crippen LogP contribution in [0.25, 0.3) is 11.1 Å². The second-order valence-corrected chi connectivity index (χ2v) is 3.95. The van der Waals surface area contributed by atoms with Crippen molar-refractivity contribution in [2.24, 2.45) is 0 Å². The molecule has 0 atom stereocenters. The van der Waals surface area contributed by atoms with Crippen molar-refractivity contribution in [2.75, 3.05) is 0 Å². The highest BCUT2D eigenvalue weighted by molar-refractivity contribution is 6.35. The Morgan fingerprint density at radius 1 is 0.929 bits per heavy atom. The van der Waals surface area contributed by atoms with Gasteiger partial charge in [-0.2, -0.15) is 0 Å². The summed E-state index contributed by atoms with van der Waals surface area (Å²) in [5, 5.41) is 1.14. The van der Waals surface area contributed by atoms with E-state index in [9.17, 15) is 0 Å². The van der Waals surface area contributed by atoms with E-state index in [1.807, 2.05) is 6.07 Å². The second kappa shape index (κ2) is 3.80. The quantitative estimate of drug-likeness (QED) is 0.613. The molecule has 0 nitrogen and oxygen atoms in total. The van der Waals surface area contributed by atoms with E-state index in [1.165, 1.54) is 16.7 Å². The van der Waals surface area contributed by atoms with E-state index in [0.717, 1.165) is 5.19 Å². The average Bonchev–Trinajstić information content (AvgIpc) is 2.23. The molecular formula is C13H11Si. The van der Waals surface area contributed by atoms with Crippen molar-refractivity contribution in [3.05, 3.63) is 54.1 Å². The molecule has 0 saturated heterocycles. The summed E-state index contributed by atoms with van der Waals surface area (Å²) in [5.41, 5.74) is 3.79. The normalized spacial score (nSPS) is 10.1. The summed E-state index contributed by atoms with van der Waals surface area (Å²) in [5.74, 6) is 0. The molecule has 2 aromatic carbocycles. The summed E-state index contributed by atoms with van der Waals surface area (Å²) in [4.78, 5) is 0. The van der Waals surface area contributed by atoms with E-state index < -0.39 is 0 Å². The van der Waals surface area contributed by atoms with E-state index in [2.05, 4.69) is 59.6 Å². The molecule has 0 aliphatic carbocycles. The first kappa shape index (κ1) is 9.22. The van der Waals surface area contributed by atoms with Gasteiger partial charge in [0.1, 0.15) is 0 Å². The molecule has 0 fully saturated rings. The molecule has 2 rings (SSSR count). The lowest BCUT2D eigenvalue weighted by molar-refractivity contribution is 1.48. The lowest BCUT2D eigenvalue weighted by Gasteiger charge is -2.06. The van der Waals surface area contributed by atoms with Gasteiger partial charge in [0, 0.05) is 0 Å². The van der Waals surface area contributed by atoms with Crippen molar-refractivity contribution in [1.29, 1.82) is 0 Å². The number of rotatable bonds is 1. The Bertz CT molecular complexity index is 432. The first-order valence-electron chi connectivity index (χ1n) is 4.65. The molecule has 0 saturated carbocycles. The molecule has 67 valence electrons. The molecule has 14 heavy (non-hydrogen) atoms. The lowest BCUT2D eigenvalue weighted by atomic mass is 10.0. The Hall–Kier alpha value is -1.34. The average molecular weight is 195 g/mol. The highest BCUT2D eigenvalue weighted by Gasteiger charge is 2.00. The number of aryl methyl sites for hydroxylation is 1. The van der Waals surface area contributed by atoms with E-state index in [1.54, 1.807) is 0 Å². The van der Waals surface area contributed by atoms with Crippen LogP contribution in [-0.2, 0) is 0 Å². The Kier molecular flexibility index (Phi) is 2.51. The third-order valence-corrected chi connectivity index (χ3v) is 2.70. The maximum Gasteiger partial charge on any atom is 0.0720 e. The Morgan fingerprint density at radius 2 is 1.64 bits per heavy atom. The van der Waals surface area contributed by atoms with Crippen LogP contribution < -0.4 is 5.19 Å². The summed E-state index contributed by atoms with van der Waals surface area (Å²) < 4.78 is 0. The van der Waals surface area contributed by atoms with Gasteiger partial charge in [-0.1, -0.05) is 59.3 Å². The fourth-order valence-electron chi connectivity index (χ4n) is 1.51. The van der Waals surface area contributed by atoms with Gasteiger partial charge in [0.2, 0.25) is 0 Å². The number of hydrogen-bond acceptors (Lipinski definition) is 0. The van der Waals surface area contributed by atoms with E-state index >= 15 is 0 Å². The van der Waals surface area contributed by atoms with Gasteiger partial charge in [-0.15, -0.1) is 0 Å². The standard InChI is InChI=1S/C13H11Si/c1-10-7-8-13(14)12(9-10)11-5-3-2-4-6-11/h2-9H,1H3. The fraction of sp³-hybridized carbons (Fsp3) is 0.0769. The van der Waals surface area contributed by atoms with Gasteiger partial charge >= 0.3 is 0 Å². The largest absolute Gasteiger partial charge is 0.0720 e. The van der Waals surface area contributed by atoms with Crippen molar-refractivity contribution < 1.29 is 0 Å². The van der Waals surface area contributed by atoms with Crippen LogP contribution in [0.1, 0.15) is 5.56 Å². The predicted octanol–water partition coefficient (Wildman–Crippen LogP) is 2.46. The van der Waals surface area contributed by atoms with Crippen LogP contribution in [-0.4, -0.2) is 10.2 Å². The van der Waals surface area contributed by atoms with Gasteiger partial charge in [-0.05, 0) is 18.1 Å². The zero-order valence-corrected chi connectivity index (χ0v) is 9.12. The molecule has 0 N–H and O–H groups in total. The maximum absolute atomic E-state index is 3.62.